The summed E-state index contributed by atoms with van der Waals surface area (Å²) < 4.78 is 12.0. The quantitative estimate of drug-likeness (QED) is 0.0658. The van der Waals surface area contributed by atoms with Crippen LogP contribution in [0, 0.1) is 6.92 Å². The highest BCUT2D eigenvalue weighted by Gasteiger charge is 2.34. The number of nitrogens with one attached hydrogen (secondary N) is 2. The Balaban J connectivity index is 0.832. The number of aromatic nitrogens is 6. The van der Waals surface area contributed by atoms with Crippen LogP contribution in [-0.2, 0) is 32.4 Å². The Morgan fingerprint density at radius 3 is 2.58 bits per heavy atom. The second kappa shape index (κ2) is 15.7. The fraction of sp³-hybridized carbons (Fsp3) is 0.256. The number of imidazole rings is 1. The van der Waals surface area contributed by atoms with Crippen molar-refractivity contribution in [1.29, 1.82) is 0 Å². The zero-order valence-electron chi connectivity index (χ0n) is 33.6. The number of nitrogens with two attached hydrogens (primary N) is 1. The molecular formula is C43H43N11O6. The van der Waals surface area contributed by atoms with Gasteiger partial charge in [0.05, 0.1) is 41.3 Å². The zero-order chi connectivity index (χ0) is 42.4. The van der Waals surface area contributed by atoms with Crippen LogP contribution in [0.15, 0.2) is 84.4 Å². The van der Waals surface area contributed by atoms with Crippen molar-refractivity contribution >= 4 is 69.4 Å². The highest BCUT2D eigenvalue weighted by atomic mass is 16.5. The first-order valence-electron chi connectivity index (χ1n) is 19.3. The highest BCUT2D eigenvalue weighted by Crippen LogP contribution is 2.35. The van der Waals surface area contributed by atoms with Crippen LogP contribution in [0.2, 0.25) is 0 Å². The number of nitrogen functional groups attached to an aromatic ring is 1. The monoisotopic (exact) mass is 809 g/mol. The Bertz CT molecular complexity index is 2800. The maximum absolute atomic E-state index is 13.4. The van der Waals surface area contributed by atoms with Gasteiger partial charge in [-0.25, -0.2) is 4.98 Å². The molecule has 6 aromatic rings. The van der Waals surface area contributed by atoms with Gasteiger partial charge in [0.1, 0.15) is 17.1 Å². The maximum atomic E-state index is 13.4. The van der Waals surface area contributed by atoms with E-state index in [-0.39, 0.29) is 54.7 Å². The van der Waals surface area contributed by atoms with E-state index in [0.29, 0.717) is 70.2 Å². The average Bonchev–Trinajstić information content (AvgIpc) is 4.02. The van der Waals surface area contributed by atoms with Crippen LogP contribution < -0.4 is 21.1 Å². The van der Waals surface area contributed by atoms with Gasteiger partial charge >= 0.3 is 0 Å². The SMILES string of the molecule is C=C1C[C@H]2C=Nc3cc(OCCCC(=O)Nc4cn(C)c(C(=O)Cc5cc(C(=O)Nc6cc(C(=O)n7ncc8ccc(N)cc87)n(C)c6)n(C)c5)n4)c(C)cc3C(=O)N2C1. The molecule has 2 aliphatic rings. The van der Waals surface area contributed by atoms with Crippen molar-refractivity contribution in [1.82, 2.24) is 33.4 Å². The summed E-state index contributed by atoms with van der Waals surface area (Å²) >= 11 is 0. The predicted molar refractivity (Wildman–Crippen MR) is 225 cm³/mol. The number of Topliss-reactive ketones (excluding diaryl/α,β-unsaturated/α-hetero) is 1. The van der Waals surface area contributed by atoms with Gasteiger partial charge in [0.25, 0.3) is 17.7 Å². The molecule has 60 heavy (non-hydrogen) atoms. The summed E-state index contributed by atoms with van der Waals surface area (Å²) in [6, 6.07) is 11.9. The van der Waals surface area contributed by atoms with E-state index in [1.54, 1.807) is 113 Å². The molecule has 6 heterocycles. The Kier molecular flexibility index (Phi) is 10.2. The minimum Gasteiger partial charge on any atom is -0.493 e. The van der Waals surface area contributed by atoms with E-state index in [4.69, 9.17) is 10.5 Å². The molecule has 0 radical (unpaired) electrons. The van der Waals surface area contributed by atoms with E-state index in [9.17, 15) is 24.0 Å². The van der Waals surface area contributed by atoms with E-state index >= 15 is 0 Å². The van der Waals surface area contributed by atoms with Gasteiger partial charge < -0.3 is 39.7 Å². The van der Waals surface area contributed by atoms with E-state index in [1.807, 2.05) is 6.92 Å². The minimum absolute atomic E-state index is 0.0425. The van der Waals surface area contributed by atoms with Crippen LogP contribution in [0.25, 0.3) is 10.9 Å². The standard InChI is InChI=1S/C43H43N11O6/c1-24-11-30-19-45-32-17-37(25(2)12-31(32)42(58)53(30)20-24)60-10-6-7-39(56)48-38-23-52(5)40(49-38)36(55)14-26-13-34(50(3)21-26)41(57)47-29-16-35(51(4)22-29)43(59)54-33-15-28(44)9-8-27(33)18-46-54/h8-9,12-13,15-19,21-23,30H,1,6-7,10-11,14,20,44H2,2-5H3,(H,47,57)(H,48,56)/t30-/m0/s1. The van der Waals surface area contributed by atoms with Gasteiger partial charge in [-0.1, -0.05) is 12.2 Å². The number of rotatable bonds is 12. The largest absolute Gasteiger partial charge is 0.493 e. The lowest BCUT2D eigenvalue weighted by atomic mass is 10.1. The number of ether oxygens (including phenoxy) is 1. The van der Waals surface area contributed by atoms with Crippen molar-refractivity contribution in [2.45, 2.75) is 38.6 Å². The van der Waals surface area contributed by atoms with Crippen LogP contribution >= 0.6 is 0 Å². The highest BCUT2D eigenvalue weighted by molar-refractivity contribution is 6.06. The first-order chi connectivity index (χ1) is 28.7. The number of benzene rings is 2. The molecule has 3 amide bonds. The lowest BCUT2D eigenvalue weighted by Gasteiger charge is -2.20. The zero-order valence-corrected chi connectivity index (χ0v) is 33.6. The Labute approximate surface area is 344 Å². The first kappa shape index (κ1) is 39.3. The molecule has 0 unspecified atom stereocenters. The number of hydrogen-bond donors (Lipinski definition) is 3. The van der Waals surface area contributed by atoms with E-state index < -0.39 is 11.8 Å². The van der Waals surface area contributed by atoms with Crippen molar-refractivity contribution < 1.29 is 28.7 Å². The van der Waals surface area contributed by atoms with Crippen molar-refractivity contribution in [2.75, 3.05) is 29.5 Å². The Morgan fingerprint density at radius 1 is 0.967 bits per heavy atom. The van der Waals surface area contributed by atoms with Gasteiger partial charge in [0, 0.05) is 82.5 Å². The molecule has 4 N–H and O–H groups in total. The van der Waals surface area contributed by atoms with Gasteiger partial charge in [-0.05, 0) is 67.3 Å². The number of hydrogen-bond acceptors (Lipinski definition) is 10. The summed E-state index contributed by atoms with van der Waals surface area (Å²) in [5, 5.41) is 10.6. The molecule has 0 aliphatic carbocycles. The number of ketones is 1. The van der Waals surface area contributed by atoms with Crippen LogP contribution in [-0.4, -0.2) is 88.2 Å². The summed E-state index contributed by atoms with van der Waals surface area (Å²) in [7, 11) is 5.06. The molecule has 0 spiro atoms. The topological polar surface area (TPSA) is 206 Å². The van der Waals surface area contributed by atoms with E-state index in [2.05, 4.69) is 32.3 Å². The molecule has 2 aliphatic heterocycles. The fourth-order valence-electron chi connectivity index (χ4n) is 7.59. The average molecular weight is 810 g/mol. The molecule has 0 bridgehead atoms. The number of anilines is 3. The maximum Gasteiger partial charge on any atom is 0.295 e. The Morgan fingerprint density at radius 2 is 1.77 bits per heavy atom. The summed E-state index contributed by atoms with van der Waals surface area (Å²) in [5.41, 5.74) is 11.5. The molecule has 2 aromatic carbocycles. The van der Waals surface area contributed by atoms with Crippen LogP contribution in [0.1, 0.15) is 72.3 Å². The van der Waals surface area contributed by atoms with Crippen LogP contribution in [0.3, 0.4) is 0 Å². The number of nitrogens with zero attached hydrogens (tertiary/aromatic N) is 8. The van der Waals surface area contributed by atoms with Crippen molar-refractivity contribution in [3.63, 3.8) is 0 Å². The second-order valence-electron chi connectivity index (χ2n) is 15.2. The third kappa shape index (κ3) is 7.71. The number of fused-ring (bicyclic) bond motifs is 3. The third-order valence-electron chi connectivity index (χ3n) is 10.6. The van der Waals surface area contributed by atoms with Gasteiger partial charge in [-0.3, -0.25) is 29.0 Å². The smallest absolute Gasteiger partial charge is 0.295 e. The molecule has 4 aromatic heterocycles. The molecule has 1 fully saturated rings. The summed E-state index contributed by atoms with van der Waals surface area (Å²) in [6.07, 6.45) is 9.48. The van der Waals surface area contributed by atoms with E-state index in [0.717, 1.165) is 16.5 Å². The van der Waals surface area contributed by atoms with Crippen molar-refractivity contribution in [3.8, 4) is 5.75 Å². The number of amides is 3. The number of carbonyl (C=O) groups excluding carboxylic acids is 5. The molecule has 1 saturated heterocycles. The molecule has 17 heteroatoms. The number of aryl methyl sites for hydroxylation is 4. The summed E-state index contributed by atoms with van der Waals surface area (Å²) in [4.78, 5) is 76.9. The summed E-state index contributed by atoms with van der Waals surface area (Å²) in [6.45, 7) is 6.67. The van der Waals surface area contributed by atoms with Gasteiger partial charge in [0.2, 0.25) is 11.7 Å². The van der Waals surface area contributed by atoms with Crippen molar-refractivity contribution in [2.24, 2.45) is 26.1 Å². The van der Waals surface area contributed by atoms with Crippen LogP contribution in [0.5, 0.6) is 5.75 Å². The molecule has 8 rings (SSSR count). The minimum atomic E-state index is -0.434. The molecular weight excluding hydrogens is 767 g/mol. The lowest BCUT2D eigenvalue weighted by Crippen LogP contribution is -2.35. The van der Waals surface area contributed by atoms with Gasteiger partial charge in [0.15, 0.2) is 11.6 Å². The fourth-order valence-corrected chi connectivity index (χ4v) is 7.59. The molecule has 17 nitrogen and oxygen atoms in total. The van der Waals surface area contributed by atoms with E-state index in [1.165, 1.54) is 4.68 Å². The first-order valence-corrected chi connectivity index (χ1v) is 19.3. The van der Waals surface area contributed by atoms with Gasteiger partial charge in [-0.15, -0.1) is 0 Å². The molecule has 1 atom stereocenters. The molecule has 0 saturated carbocycles. The lowest BCUT2D eigenvalue weighted by molar-refractivity contribution is -0.116. The number of carbonyl (C=O) groups is 5. The van der Waals surface area contributed by atoms with Crippen LogP contribution in [0.4, 0.5) is 22.9 Å². The Hall–Kier alpha value is -7.56. The third-order valence-corrected chi connectivity index (χ3v) is 10.6. The second-order valence-corrected chi connectivity index (χ2v) is 15.2. The summed E-state index contributed by atoms with van der Waals surface area (Å²) in [5.74, 6) is -0.531. The predicted octanol–water partition coefficient (Wildman–Crippen LogP) is 4.99. The molecule has 306 valence electrons. The van der Waals surface area contributed by atoms with Gasteiger partial charge in [-0.2, -0.15) is 9.78 Å². The number of aliphatic imine (C=N–C) groups is 1. The normalized spacial score (nSPS) is 14.6. The van der Waals surface area contributed by atoms with Crippen molar-refractivity contribution in [3.05, 3.63) is 113 Å².